The first kappa shape index (κ1) is 36.2. The molecule has 3 atom stereocenters. The van der Waals surface area contributed by atoms with E-state index >= 15 is 0 Å². The minimum Gasteiger partial charge on any atom is -0.497 e. The number of methoxy groups -OCH3 is 1. The van der Waals surface area contributed by atoms with E-state index in [2.05, 4.69) is 0 Å². The van der Waals surface area contributed by atoms with Crippen molar-refractivity contribution in [3.63, 3.8) is 0 Å². The number of aliphatic carboxylic acids is 2. The summed E-state index contributed by atoms with van der Waals surface area (Å²) in [6.45, 7) is -0.352. The summed E-state index contributed by atoms with van der Waals surface area (Å²) in [5.41, 5.74) is -2.62. The second kappa shape index (κ2) is 15.6. The minimum absolute atomic E-state index is 0.0315. The number of hydrogen-bond acceptors (Lipinski definition) is 8. The Morgan fingerprint density at radius 1 is 0.976 bits per heavy atom. The first-order valence-electron chi connectivity index (χ1n) is 12.9. The third kappa shape index (κ3) is 8.99. The summed E-state index contributed by atoms with van der Waals surface area (Å²) in [7, 11) is 2.43. The predicted molar refractivity (Wildman–Crippen MR) is 162 cm³/mol. The Labute approximate surface area is 261 Å². The normalized spacial score (nSPS) is 15.1. The average Bonchev–Trinajstić information content (AvgIpc) is 2.92. The molecule has 0 aliphatic heterocycles. The summed E-state index contributed by atoms with van der Waals surface area (Å²) in [6, 6.07) is 14.9. The van der Waals surface area contributed by atoms with Gasteiger partial charge in [-0.25, -0.2) is 0 Å². The van der Waals surface area contributed by atoms with Gasteiger partial charge in [0.25, 0.3) is 0 Å². The fraction of sp³-hybridized carbons (Fsp3) is 0.500. The summed E-state index contributed by atoms with van der Waals surface area (Å²) < 4.78 is 32.9. The van der Waals surface area contributed by atoms with Gasteiger partial charge in [-0.3, -0.25) is 14.2 Å². The molecule has 0 aliphatic carbocycles. The molecule has 3 unspecified atom stereocenters. The van der Waals surface area contributed by atoms with Gasteiger partial charge in [-0.15, -0.1) is 0 Å². The van der Waals surface area contributed by atoms with E-state index in [0.29, 0.717) is 18.6 Å². The monoisotopic (exact) mass is 667 g/mol. The molecule has 10 nitrogen and oxygen atoms in total. The van der Waals surface area contributed by atoms with Crippen molar-refractivity contribution in [2.75, 3.05) is 48.6 Å². The van der Waals surface area contributed by atoms with Gasteiger partial charge in [-0.2, -0.15) is 0 Å². The fourth-order valence-electron chi connectivity index (χ4n) is 5.07. The highest BCUT2D eigenvalue weighted by atomic mass is 35.6. The molecule has 0 bridgehead atoms. The lowest BCUT2D eigenvalue weighted by atomic mass is 9.70. The number of benzene rings is 2. The van der Waals surface area contributed by atoms with Crippen molar-refractivity contribution >= 4 is 54.3 Å². The van der Waals surface area contributed by atoms with Gasteiger partial charge in [0.2, 0.25) is 3.79 Å². The number of alkyl halides is 3. The summed E-state index contributed by atoms with van der Waals surface area (Å²) in [5.74, 6) is -3.15. The highest BCUT2D eigenvalue weighted by Gasteiger charge is 2.67. The molecule has 2 aromatic rings. The van der Waals surface area contributed by atoms with Crippen molar-refractivity contribution in [3.8, 4) is 11.5 Å². The Bertz CT molecular complexity index is 1250. The zero-order valence-electron chi connectivity index (χ0n) is 24.1. The number of halogens is 3. The number of rotatable bonds is 17. The van der Waals surface area contributed by atoms with Crippen LogP contribution in [-0.4, -0.2) is 85.1 Å². The molecular formula is C28H37Cl3NO9P. The Balaban J connectivity index is 2.58. The van der Waals surface area contributed by atoms with Gasteiger partial charge < -0.3 is 33.6 Å². The standard InChI is InChI=1S/C28H37Cl3NO9P/c1-32(2)17-21(27(26(35)36,16-24(33)34)25(28(29,30)31)42(37,39-4)40-5)18-41-23-12-7-6-10-20(23)14-13-19-9-8-11-22(15-19)38-3/h6-12,15,21,25H,13-14,16-18H2,1-5H3,(H,33,34)(H,35,36). The Morgan fingerprint density at radius 3 is 2.14 bits per heavy atom. The van der Waals surface area contributed by atoms with Crippen molar-refractivity contribution in [2.24, 2.45) is 11.3 Å². The van der Waals surface area contributed by atoms with E-state index in [1.165, 1.54) is 0 Å². The van der Waals surface area contributed by atoms with Crippen LogP contribution in [0.15, 0.2) is 48.5 Å². The Hall–Kier alpha value is -2.04. The van der Waals surface area contributed by atoms with Crippen LogP contribution >= 0.6 is 42.4 Å². The number of carboxylic acid groups (broad SMARTS) is 2. The zero-order valence-corrected chi connectivity index (χ0v) is 27.3. The molecule has 0 amide bonds. The third-order valence-corrected chi connectivity index (χ3v) is 10.6. The van der Waals surface area contributed by atoms with Crippen LogP contribution in [0.3, 0.4) is 0 Å². The van der Waals surface area contributed by atoms with Crippen LogP contribution in [-0.2, 0) is 36.0 Å². The van der Waals surface area contributed by atoms with Gasteiger partial charge in [0, 0.05) is 26.7 Å². The van der Waals surface area contributed by atoms with Gasteiger partial charge in [-0.1, -0.05) is 65.1 Å². The van der Waals surface area contributed by atoms with Crippen LogP contribution in [0, 0.1) is 11.3 Å². The fourth-order valence-corrected chi connectivity index (χ4v) is 8.64. The summed E-state index contributed by atoms with van der Waals surface area (Å²) >= 11 is 18.8. The molecule has 0 heterocycles. The van der Waals surface area contributed by atoms with E-state index in [4.69, 9.17) is 53.3 Å². The molecule has 0 spiro atoms. The van der Waals surface area contributed by atoms with Gasteiger partial charge >= 0.3 is 19.5 Å². The topological polar surface area (TPSA) is 132 Å². The molecule has 0 saturated heterocycles. The van der Waals surface area contributed by atoms with Crippen LogP contribution in [0.25, 0.3) is 0 Å². The smallest absolute Gasteiger partial charge is 0.338 e. The van der Waals surface area contributed by atoms with Crippen LogP contribution in [0.4, 0.5) is 0 Å². The number of para-hydroxylation sites is 1. The summed E-state index contributed by atoms with van der Waals surface area (Å²) in [5, 5.41) is 20.6. The van der Waals surface area contributed by atoms with Gasteiger partial charge in [0.05, 0.1) is 20.1 Å². The maximum absolute atomic E-state index is 13.8. The number of nitrogens with zero attached hydrogens (tertiary/aromatic N) is 1. The van der Waals surface area contributed by atoms with E-state index in [-0.39, 0.29) is 13.2 Å². The highest BCUT2D eigenvalue weighted by molar-refractivity contribution is 7.55. The first-order chi connectivity index (χ1) is 19.6. The average molecular weight is 669 g/mol. The number of hydrogen-bond donors (Lipinski definition) is 2. The lowest BCUT2D eigenvalue weighted by Crippen LogP contribution is -2.58. The van der Waals surface area contributed by atoms with Crippen molar-refractivity contribution in [2.45, 2.75) is 28.7 Å². The van der Waals surface area contributed by atoms with E-state index in [1.54, 1.807) is 38.2 Å². The SMILES string of the molecule is COc1cccc(CCc2ccccc2OCC(CN(C)C)C(CC(=O)O)(C(=O)O)C(C(Cl)(Cl)Cl)P(=O)(OC)OC)c1. The zero-order chi connectivity index (χ0) is 31.7. The number of ether oxygens (including phenoxy) is 2. The molecule has 2 N–H and O–H groups in total. The minimum atomic E-state index is -4.52. The van der Waals surface area contributed by atoms with Gasteiger partial charge in [-0.05, 0) is 56.3 Å². The van der Waals surface area contributed by atoms with E-state index in [1.807, 2.05) is 36.4 Å². The highest BCUT2D eigenvalue weighted by Crippen LogP contribution is 2.67. The molecule has 42 heavy (non-hydrogen) atoms. The van der Waals surface area contributed by atoms with Gasteiger partial charge in [0.15, 0.2) is 0 Å². The maximum Gasteiger partial charge on any atom is 0.338 e. The van der Waals surface area contributed by atoms with E-state index < -0.39 is 46.7 Å². The van der Waals surface area contributed by atoms with E-state index in [9.17, 15) is 24.4 Å². The molecule has 2 aromatic carbocycles. The summed E-state index contributed by atoms with van der Waals surface area (Å²) in [6.07, 6.45) is 0.189. The largest absolute Gasteiger partial charge is 0.497 e. The molecule has 14 heteroatoms. The van der Waals surface area contributed by atoms with Crippen molar-refractivity contribution in [3.05, 3.63) is 59.7 Å². The molecular weight excluding hydrogens is 632 g/mol. The lowest BCUT2D eigenvalue weighted by molar-refractivity contribution is -0.162. The first-order valence-corrected chi connectivity index (χ1v) is 15.6. The number of carboxylic acids is 2. The molecule has 2 rings (SSSR count). The van der Waals surface area contributed by atoms with E-state index in [0.717, 1.165) is 31.1 Å². The van der Waals surface area contributed by atoms with Crippen LogP contribution < -0.4 is 9.47 Å². The summed E-state index contributed by atoms with van der Waals surface area (Å²) in [4.78, 5) is 27.0. The number of carbonyl (C=O) groups is 2. The second-order valence-corrected chi connectivity index (χ2v) is 14.7. The Kier molecular flexibility index (Phi) is 13.4. The Morgan fingerprint density at radius 2 is 1.62 bits per heavy atom. The van der Waals surface area contributed by atoms with Crippen LogP contribution in [0.1, 0.15) is 17.5 Å². The quantitative estimate of drug-likeness (QED) is 0.157. The number of aryl methyl sites for hydroxylation is 2. The van der Waals surface area contributed by atoms with Gasteiger partial charge in [0.1, 0.15) is 22.6 Å². The van der Waals surface area contributed by atoms with Crippen molar-refractivity contribution in [1.82, 2.24) is 4.90 Å². The van der Waals surface area contributed by atoms with Crippen LogP contribution in [0.5, 0.6) is 11.5 Å². The molecule has 234 valence electrons. The second-order valence-electron chi connectivity index (χ2n) is 9.99. The maximum atomic E-state index is 13.8. The molecule has 0 aliphatic rings. The van der Waals surface area contributed by atoms with Crippen LogP contribution in [0.2, 0.25) is 0 Å². The van der Waals surface area contributed by atoms with Crippen molar-refractivity contribution in [1.29, 1.82) is 0 Å². The molecule has 0 radical (unpaired) electrons. The molecule has 0 fully saturated rings. The third-order valence-electron chi connectivity index (χ3n) is 7.01. The molecule has 0 saturated carbocycles. The van der Waals surface area contributed by atoms with Crippen molar-refractivity contribution < 1.29 is 42.9 Å². The molecule has 0 aromatic heterocycles. The lowest BCUT2D eigenvalue weighted by Gasteiger charge is -2.46. The predicted octanol–water partition coefficient (Wildman–Crippen LogP) is 5.81.